The first-order valence-corrected chi connectivity index (χ1v) is 7.81. The first-order chi connectivity index (χ1) is 12.3. The Labute approximate surface area is 143 Å². The first kappa shape index (κ1) is 15.1. The molecule has 7 heteroatoms. The molecular weight excluding hydrogens is 318 g/mol. The third-order valence-corrected chi connectivity index (χ3v) is 3.69. The summed E-state index contributed by atoms with van der Waals surface area (Å²) in [5.74, 6) is 1.97. The predicted octanol–water partition coefficient (Wildman–Crippen LogP) is 3.46. The van der Waals surface area contributed by atoms with E-state index in [-0.39, 0.29) is 6.10 Å². The maximum absolute atomic E-state index is 5.90. The normalized spacial score (nSPS) is 12.0. The third-order valence-electron chi connectivity index (χ3n) is 3.69. The van der Waals surface area contributed by atoms with Gasteiger partial charge in [-0.3, -0.25) is 0 Å². The third kappa shape index (κ3) is 3.25. The van der Waals surface area contributed by atoms with Crippen LogP contribution in [0.5, 0.6) is 5.75 Å². The van der Waals surface area contributed by atoms with Gasteiger partial charge in [0.25, 0.3) is 0 Å². The lowest BCUT2D eigenvalue weighted by atomic mass is 10.2. The number of oxazole rings is 1. The van der Waals surface area contributed by atoms with Crippen LogP contribution < -0.4 is 4.74 Å². The molecule has 0 radical (unpaired) electrons. The van der Waals surface area contributed by atoms with E-state index in [1.807, 2.05) is 61.5 Å². The highest BCUT2D eigenvalue weighted by atomic mass is 16.5. The number of hydrogen-bond donors (Lipinski definition) is 0. The van der Waals surface area contributed by atoms with Gasteiger partial charge in [0, 0.05) is 5.56 Å². The Kier molecular flexibility index (Phi) is 3.96. The molecule has 0 aliphatic heterocycles. The van der Waals surface area contributed by atoms with Gasteiger partial charge in [0.15, 0.2) is 11.9 Å². The number of aromatic nitrogens is 5. The van der Waals surface area contributed by atoms with Crippen molar-refractivity contribution < 1.29 is 9.15 Å². The second kappa shape index (κ2) is 6.56. The van der Waals surface area contributed by atoms with Crippen LogP contribution in [0.15, 0.2) is 71.5 Å². The average molecular weight is 333 g/mol. The smallest absolute Gasteiger partial charge is 0.235 e. The van der Waals surface area contributed by atoms with E-state index in [1.165, 1.54) is 6.33 Å². The molecule has 0 bridgehead atoms. The zero-order valence-electron chi connectivity index (χ0n) is 13.5. The van der Waals surface area contributed by atoms with Crippen molar-refractivity contribution in [2.75, 3.05) is 0 Å². The minimum absolute atomic E-state index is 0.309. The van der Waals surface area contributed by atoms with E-state index in [4.69, 9.17) is 9.15 Å². The van der Waals surface area contributed by atoms with Gasteiger partial charge in [-0.25, -0.2) is 9.67 Å². The molecule has 7 nitrogen and oxygen atoms in total. The molecule has 25 heavy (non-hydrogen) atoms. The molecule has 4 aromatic rings. The molecule has 0 saturated carbocycles. The van der Waals surface area contributed by atoms with Crippen LogP contribution in [-0.4, -0.2) is 25.2 Å². The Morgan fingerprint density at radius 3 is 2.56 bits per heavy atom. The summed E-state index contributed by atoms with van der Waals surface area (Å²) in [4.78, 5) is 4.32. The van der Waals surface area contributed by atoms with Gasteiger partial charge in [-0.15, -0.1) is 5.10 Å². The van der Waals surface area contributed by atoms with Crippen LogP contribution in [0, 0.1) is 0 Å². The van der Waals surface area contributed by atoms with Gasteiger partial charge in [-0.2, -0.15) is 0 Å². The van der Waals surface area contributed by atoms with Crippen LogP contribution in [-0.2, 0) is 0 Å². The number of rotatable bonds is 5. The number of tetrazole rings is 1. The van der Waals surface area contributed by atoms with E-state index in [1.54, 1.807) is 10.9 Å². The minimum atomic E-state index is -0.309. The van der Waals surface area contributed by atoms with E-state index in [0.29, 0.717) is 11.6 Å². The second-order valence-corrected chi connectivity index (χ2v) is 5.44. The number of nitrogens with zero attached hydrogens (tertiary/aromatic N) is 5. The van der Waals surface area contributed by atoms with Crippen molar-refractivity contribution in [3.63, 3.8) is 0 Å². The Bertz CT molecular complexity index is 933. The summed E-state index contributed by atoms with van der Waals surface area (Å²) in [5, 5.41) is 11.1. The quantitative estimate of drug-likeness (QED) is 0.556. The van der Waals surface area contributed by atoms with Crippen molar-refractivity contribution in [3.8, 4) is 22.8 Å². The summed E-state index contributed by atoms with van der Waals surface area (Å²) in [6.07, 6.45) is 2.94. The molecule has 1 atom stereocenters. The van der Waals surface area contributed by atoms with Gasteiger partial charge in [-0.05, 0) is 41.6 Å². The monoisotopic (exact) mass is 333 g/mol. The zero-order chi connectivity index (χ0) is 17.1. The maximum Gasteiger partial charge on any atom is 0.235 e. The standard InChI is InChI=1S/C18H15N5O2/c1-13(18-19-11-17(25-18)14-5-3-2-4-6-14)24-16-9-7-15(8-10-16)23-12-20-21-22-23/h2-13H,1H3/t13-/m1/s1. The number of ether oxygens (including phenoxy) is 1. The number of benzene rings is 2. The SMILES string of the molecule is C[C@@H](Oc1ccc(-n2cnnn2)cc1)c1ncc(-c2ccccc2)o1. The largest absolute Gasteiger partial charge is 0.481 e. The summed E-state index contributed by atoms with van der Waals surface area (Å²) >= 11 is 0. The Morgan fingerprint density at radius 1 is 1.04 bits per heavy atom. The van der Waals surface area contributed by atoms with Crippen molar-refractivity contribution in [2.45, 2.75) is 13.0 Å². The van der Waals surface area contributed by atoms with Gasteiger partial charge in [0.2, 0.25) is 5.89 Å². The average Bonchev–Trinajstić information content (AvgIpc) is 3.35. The summed E-state index contributed by atoms with van der Waals surface area (Å²) < 4.78 is 13.3. The van der Waals surface area contributed by atoms with E-state index in [2.05, 4.69) is 20.5 Å². The lowest BCUT2D eigenvalue weighted by molar-refractivity contribution is 0.190. The molecular formula is C18H15N5O2. The number of hydrogen-bond acceptors (Lipinski definition) is 6. The second-order valence-electron chi connectivity index (χ2n) is 5.44. The van der Waals surface area contributed by atoms with Crippen LogP contribution in [0.25, 0.3) is 17.0 Å². The molecule has 2 aromatic carbocycles. The van der Waals surface area contributed by atoms with Crippen molar-refractivity contribution >= 4 is 0 Å². The fourth-order valence-corrected chi connectivity index (χ4v) is 2.42. The summed E-state index contributed by atoms with van der Waals surface area (Å²) in [6.45, 7) is 1.90. The summed E-state index contributed by atoms with van der Waals surface area (Å²) in [6, 6.07) is 17.3. The van der Waals surface area contributed by atoms with E-state index in [9.17, 15) is 0 Å². The molecule has 2 aromatic heterocycles. The lowest BCUT2D eigenvalue weighted by Crippen LogP contribution is -2.03. The van der Waals surface area contributed by atoms with Crippen molar-refractivity contribution in [3.05, 3.63) is 73.0 Å². The highest BCUT2D eigenvalue weighted by molar-refractivity contribution is 5.55. The van der Waals surface area contributed by atoms with Crippen LogP contribution in [0.2, 0.25) is 0 Å². The lowest BCUT2D eigenvalue weighted by Gasteiger charge is -2.11. The molecule has 0 fully saturated rings. The molecule has 2 heterocycles. The molecule has 0 spiro atoms. The molecule has 0 aliphatic carbocycles. The van der Waals surface area contributed by atoms with Gasteiger partial charge < -0.3 is 9.15 Å². The van der Waals surface area contributed by atoms with Crippen LogP contribution in [0.4, 0.5) is 0 Å². The molecule has 0 amide bonds. The van der Waals surface area contributed by atoms with Crippen molar-refractivity contribution in [1.29, 1.82) is 0 Å². The van der Waals surface area contributed by atoms with E-state index >= 15 is 0 Å². The summed E-state index contributed by atoms with van der Waals surface area (Å²) in [5.41, 5.74) is 1.84. The molecule has 4 rings (SSSR count). The predicted molar refractivity (Wildman–Crippen MR) is 90.1 cm³/mol. The highest BCUT2D eigenvalue weighted by Gasteiger charge is 2.15. The molecule has 124 valence electrons. The Hall–Kier alpha value is -3.48. The van der Waals surface area contributed by atoms with E-state index < -0.39 is 0 Å². The zero-order valence-corrected chi connectivity index (χ0v) is 13.5. The van der Waals surface area contributed by atoms with Crippen molar-refractivity contribution in [2.24, 2.45) is 0 Å². The highest BCUT2D eigenvalue weighted by Crippen LogP contribution is 2.26. The molecule has 0 aliphatic rings. The van der Waals surface area contributed by atoms with Crippen LogP contribution in [0.3, 0.4) is 0 Å². The van der Waals surface area contributed by atoms with Crippen LogP contribution >= 0.6 is 0 Å². The fraction of sp³-hybridized carbons (Fsp3) is 0.111. The molecule has 0 saturated heterocycles. The maximum atomic E-state index is 5.90. The fourth-order valence-electron chi connectivity index (χ4n) is 2.42. The Balaban J connectivity index is 1.47. The topological polar surface area (TPSA) is 78.9 Å². The molecule has 0 unspecified atom stereocenters. The van der Waals surface area contributed by atoms with Gasteiger partial charge in [-0.1, -0.05) is 30.3 Å². The van der Waals surface area contributed by atoms with Gasteiger partial charge >= 0.3 is 0 Å². The van der Waals surface area contributed by atoms with Crippen LogP contribution in [0.1, 0.15) is 18.9 Å². The van der Waals surface area contributed by atoms with Gasteiger partial charge in [0.05, 0.1) is 11.9 Å². The summed E-state index contributed by atoms with van der Waals surface area (Å²) in [7, 11) is 0. The first-order valence-electron chi connectivity index (χ1n) is 7.81. The molecule has 0 N–H and O–H groups in total. The van der Waals surface area contributed by atoms with Crippen molar-refractivity contribution in [1.82, 2.24) is 25.2 Å². The Morgan fingerprint density at radius 2 is 1.84 bits per heavy atom. The van der Waals surface area contributed by atoms with Gasteiger partial charge in [0.1, 0.15) is 12.1 Å². The minimum Gasteiger partial charge on any atom is -0.481 e. The van der Waals surface area contributed by atoms with E-state index in [0.717, 1.165) is 17.0 Å².